The zero-order valence-corrected chi connectivity index (χ0v) is 12.9. The summed E-state index contributed by atoms with van der Waals surface area (Å²) in [5.74, 6) is 0.429. The molecule has 0 spiro atoms. The van der Waals surface area contributed by atoms with Crippen LogP contribution in [0, 0.1) is 11.8 Å². The molecule has 0 aromatic heterocycles. The standard InChI is InChI=1S/C9H16O2.C7H12O2/c1-2-11-9(10)8-6-4-3-5-7-8;1-9-7(8)6-4-2-3-5-6/h8H,2-7H2,1H3;6H,2-5H2,1H3. The molecule has 2 aliphatic carbocycles. The lowest BCUT2D eigenvalue weighted by Crippen LogP contribution is -2.20. The summed E-state index contributed by atoms with van der Waals surface area (Å²) in [6.07, 6.45) is 10.2. The minimum absolute atomic E-state index is 0.0206. The van der Waals surface area contributed by atoms with Crippen molar-refractivity contribution in [3.63, 3.8) is 0 Å². The second-order valence-electron chi connectivity index (χ2n) is 5.59. The molecular weight excluding hydrogens is 256 g/mol. The maximum atomic E-state index is 11.2. The van der Waals surface area contributed by atoms with Gasteiger partial charge >= 0.3 is 11.9 Å². The van der Waals surface area contributed by atoms with Crippen molar-refractivity contribution in [1.82, 2.24) is 0 Å². The monoisotopic (exact) mass is 284 g/mol. The summed E-state index contributed by atoms with van der Waals surface area (Å²) >= 11 is 0. The molecule has 2 aliphatic rings. The first-order valence-corrected chi connectivity index (χ1v) is 7.93. The van der Waals surface area contributed by atoms with Gasteiger partial charge in [-0.25, -0.2) is 0 Å². The predicted octanol–water partition coefficient (Wildman–Crippen LogP) is 3.48. The molecule has 2 saturated carbocycles. The van der Waals surface area contributed by atoms with Crippen LogP contribution in [0.3, 0.4) is 0 Å². The summed E-state index contributed by atoms with van der Waals surface area (Å²) in [5, 5.41) is 0. The number of ether oxygens (including phenoxy) is 2. The number of hydrogen-bond donors (Lipinski definition) is 0. The number of esters is 2. The third-order valence-corrected chi connectivity index (χ3v) is 4.11. The van der Waals surface area contributed by atoms with Crippen molar-refractivity contribution < 1.29 is 19.1 Å². The molecule has 116 valence electrons. The van der Waals surface area contributed by atoms with Crippen molar-refractivity contribution in [3.05, 3.63) is 0 Å². The fraction of sp³-hybridized carbons (Fsp3) is 0.875. The van der Waals surface area contributed by atoms with Gasteiger partial charge < -0.3 is 9.47 Å². The lowest BCUT2D eigenvalue weighted by Gasteiger charge is -2.19. The summed E-state index contributed by atoms with van der Waals surface area (Å²) < 4.78 is 9.54. The third-order valence-electron chi connectivity index (χ3n) is 4.11. The molecule has 2 rings (SSSR count). The van der Waals surface area contributed by atoms with Crippen LogP contribution in [0.4, 0.5) is 0 Å². The lowest BCUT2D eigenvalue weighted by atomic mass is 9.89. The van der Waals surface area contributed by atoms with Crippen LogP contribution >= 0.6 is 0 Å². The van der Waals surface area contributed by atoms with Crippen LogP contribution in [0.5, 0.6) is 0 Å². The van der Waals surface area contributed by atoms with E-state index in [1.165, 1.54) is 39.2 Å². The van der Waals surface area contributed by atoms with Gasteiger partial charge in [0.2, 0.25) is 0 Å². The number of hydrogen-bond acceptors (Lipinski definition) is 4. The maximum Gasteiger partial charge on any atom is 0.308 e. The highest BCUT2D eigenvalue weighted by Crippen LogP contribution is 2.25. The minimum Gasteiger partial charge on any atom is -0.469 e. The van der Waals surface area contributed by atoms with Gasteiger partial charge in [-0.15, -0.1) is 0 Å². The quantitative estimate of drug-likeness (QED) is 0.745. The fourth-order valence-electron chi connectivity index (χ4n) is 2.93. The summed E-state index contributed by atoms with van der Waals surface area (Å²) in [7, 11) is 1.46. The normalized spacial score (nSPS) is 19.9. The molecule has 4 heteroatoms. The molecule has 0 heterocycles. The van der Waals surface area contributed by atoms with Crippen LogP contribution in [0.25, 0.3) is 0 Å². The van der Waals surface area contributed by atoms with Gasteiger partial charge in [0.15, 0.2) is 0 Å². The number of carbonyl (C=O) groups is 2. The van der Waals surface area contributed by atoms with E-state index in [4.69, 9.17) is 4.74 Å². The van der Waals surface area contributed by atoms with Gasteiger partial charge in [0.25, 0.3) is 0 Å². The van der Waals surface area contributed by atoms with Gasteiger partial charge in [-0.1, -0.05) is 32.1 Å². The number of carbonyl (C=O) groups excluding carboxylic acids is 2. The number of rotatable bonds is 3. The van der Waals surface area contributed by atoms with Crippen molar-refractivity contribution in [2.75, 3.05) is 13.7 Å². The van der Waals surface area contributed by atoms with Gasteiger partial charge in [0.1, 0.15) is 0 Å². The van der Waals surface area contributed by atoms with E-state index >= 15 is 0 Å². The van der Waals surface area contributed by atoms with Crippen molar-refractivity contribution in [2.24, 2.45) is 11.8 Å². The van der Waals surface area contributed by atoms with Crippen LogP contribution in [0.2, 0.25) is 0 Å². The Bertz CT molecular complexity index is 289. The fourth-order valence-corrected chi connectivity index (χ4v) is 2.93. The van der Waals surface area contributed by atoms with Gasteiger partial charge in [0, 0.05) is 0 Å². The highest BCUT2D eigenvalue weighted by atomic mass is 16.5. The summed E-state index contributed by atoms with van der Waals surface area (Å²) in [6, 6.07) is 0. The molecule has 0 N–H and O–H groups in total. The highest BCUT2D eigenvalue weighted by Gasteiger charge is 2.22. The third kappa shape index (κ3) is 5.93. The van der Waals surface area contributed by atoms with E-state index in [9.17, 15) is 9.59 Å². The highest BCUT2D eigenvalue weighted by molar-refractivity contribution is 5.72. The predicted molar refractivity (Wildman–Crippen MR) is 77.2 cm³/mol. The molecule has 4 nitrogen and oxygen atoms in total. The second-order valence-corrected chi connectivity index (χ2v) is 5.59. The first kappa shape index (κ1) is 17.0. The zero-order chi connectivity index (χ0) is 14.8. The summed E-state index contributed by atoms with van der Waals surface area (Å²) in [4.78, 5) is 22.0. The first-order valence-electron chi connectivity index (χ1n) is 7.93. The van der Waals surface area contributed by atoms with E-state index in [-0.39, 0.29) is 23.8 Å². The van der Waals surface area contributed by atoms with E-state index in [1.807, 2.05) is 6.92 Å². The molecule has 0 aromatic carbocycles. The minimum atomic E-state index is -0.0208. The van der Waals surface area contributed by atoms with E-state index in [1.54, 1.807) is 0 Å². The Labute approximate surface area is 122 Å². The Morgan fingerprint density at radius 3 is 1.75 bits per heavy atom. The van der Waals surface area contributed by atoms with E-state index in [2.05, 4.69) is 4.74 Å². The maximum absolute atomic E-state index is 11.2. The lowest BCUT2D eigenvalue weighted by molar-refractivity contribution is -0.149. The second kappa shape index (κ2) is 9.78. The van der Waals surface area contributed by atoms with Crippen molar-refractivity contribution in [3.8, 4) is 0 Å². The van der Waals surface area contributed by atoms with Crippen LogP contribution in [0.15, 0.2) is 0 Å². The van der Waals surface area contributed by atoms with Crippen LogP contribution in [-0.2, 0) is 19.1 Å². The van der Waals surface area contributed by atoms with Gasteiger partial charge in [0.05, 0.1) is 25.6 Å². The smallest absolute Gasteiger partial charge is 0.308 e. The average Bonchev–Trinajstić information content (AvgIpc) is 3.02. The van der Waals surface area contributed by atoms with E-state index in [0.717, 1.165) is 25.7 Å². The summed E-state index contributed by atoms with van der Waals surface area (Å²) in [6.45, 7) is 2.38. The largest absolute Gasteiger partial charge is 0.469 e. The Kier molecular flexibility index (Phi) is 8.31. The van der Waals surface area contributed by atoms with Crippen LogP contribution in [0.1, 0.15) is 64.7 Å². The molecule has 0 aromatic rings. The molecular formula is C16H28O4. The van der Waals surface area contributed by atoms with Crippen molar-refractivity contribution >= 4 is 11.9 Å². The molecule has 0 atom stereocenters. The molecule has 0 amide bonds. The van der Waals surface area contributed by atoms with Crippen LogP contribution < -0.4 is 0 Å². The van der Waals surface area contributed by atoms with Crippen LogP contribution in [-0.4, -0.2) is 25.7 Å². The zero-order valence-electron chi connectivity index (χ0n) is 12.9. The van der Waals surface area contributed by atoms with Gasteiger partial charge in [-0.05, 0) is 32.6 Å². The van der Waals surface area contributed by atoms with Gasteiger partial charge in [-0.2, -0.15) is 0 Å². The molecule has 20 heavy (non-hydrogen) atoms. The van der Waals surface area contributed by atoms with E-state index in [0.29, 0.717) is 6.61 Å². The van der Waals surface area contributed by atoms with Gasteiger partial charge in [-0.3, -0.25) is 9.59 Å². The molecule has 0 unspecified atom stereocenters. The van der Waals surface area contributed by atoms with Crippen molar-refractivity contribution in [2.45, 2.75) is 64.7 Å². The topological polar surface area (TPSA) is 52.6 Å². The van der Waals surface area contributed by atoms with Crippen molar-refractivity contribution in [1.29, 1.82) is 0 Å². The average molecular weight is 284 g/mol. The molecule has 0 aliphatic heterocycles. The summed E-state index contributed by atoms with van der Waals surface area (Å²) in [5.41, 5.74) is 0. The Balaban J connectivity index is 0.000000204. The molecule has 2 fully saturated rings. The first-order chi connectivity index (χ1) is 9.69. The Hall–Kier alpha value is -1.06. The SMILES string of the molecule is CCOC(=O)C1CCCCC1.COC(=O)C1CCCC1. The molecule has 0 bridgehead atoms. The Morgan fingerprint density at radius 1 is 0.850 bits per heavy atom. The number of methoxy groups -OCH3 is 1. The van der Waals surface area contributed by atoms with E-state index < -0.39 is 0 Å². The molecule has 0 radical (unpaired) electrons. The molecule has 0 saturated heterocycles. The Morgan fingerprint density at radius 2 is 1.30 bits per heavy atom.